The van der Waals surface area contributed by atoms with Crippen LogP contribution in [-0.4, -0.2) is 50.8 Å². The van der Waals surface area contributed by atoms with Gasteiger partial charge in [0.1, 0.15) is 0 Å². The molecule has 0 spiro atoms. The van der Waals surface area contributed by atoms with Gasteiger partial charge in [-0.05, 0) is 7.05 Å². The molecule has 3 nitrogen and oxygen atoms in total. The van der Waals surface area contributed by atoms with E-state index in [2.05, 4.69) is 5.32 Å². The van der Waals surface area contributed by atoms with Crippen molar-refractivity contribution in [1.29, 1.82) is 0 Å². The van der Waals surface area contributed by atoms with Crippen LogP contribution in [0.25, 0.3) is 0 Å². The van der Waals surface area contributed by atoms with Crippen molar-refractivity contribution in [3.63, 3.8) is 0 Å². The van der Waals surface area contributed by atoms with Gasteiger partial charge in [0.25, 0.3) is 5.92 Å². The number of morpholine rings is 1. The van der Waals surface area contributed by atoms with E-state index in [1.807, 2.05) is 11.9 Å². The molecule has 1 saturated heterocycles. The van der Waals surface area contributed by atoms with Crippen molar-refractivity contribution < 1.29 is 13.5 Å². The summed E-state index contributed by atoms with van der Waals surface area (Å²) >= 11 is 0. The van der Waals surface area contributed by atoms with E-state index in [0.717, 1.165) is 0 Å². The van der Waals surface area contributed by atoms with Crippen LogP contribution in [0.5, 0.6) is 0 Å². The van der Waals surface area contributed by atoms with Crippen molar-refractivity contribution in [1.82, 2.24) is 10.2 Å². The molecule has 0 aliphatic carbocycles. The summed E-state index contributed by atoms with van der Waals surface area (Å²) in [6, 6.07) is 8.01. The Labute approximate surface area is 112 Å². The third kappa shape index (κ3) is 3.72. The zero-order valence-electron chi connectivity index (χ0n) is 11.1. The van der Waals surface area contributed by atoms with Crippen molar-refractivity contribution in [2.75, 3.05) is 39.9 Å². The number of alkyl halides is 2. The van der Waals surface area contributed by atoms with Gasteiger partial charge in [-0.2, -0.15) is 8.78 Å². The Bertz CT molecular complexity index is 384. The number of hydrogen-bond acceptors (Lipinski definition) is 3. The number of nitrogens with one attached hydrogen (secondary N) is 1. The fourth-order valence-electron chi connectivity index (χ4n) is 2.35. The summed E-state index contributed by atoms with van der Waals surface area (Å²) in [5.41, 5.74) is 0.0738. The molecule has 1 aliphatic rings. The van der Waals surface area contributed by atoms with Crippen molar-refractivity contribution in [2.45, 2.75) is 12.0 Å². The Morgan fingerprint density at radius 2 is 2.11 bits per heavy atom. The Morgan fingerprint density at radius 3 is 2.79 bits per heavy atom. The molecule has 2 rings (SSSR count). The molecule has 1 heterocycles. The average Bonchev–Trinajstić information content (AvgIpc) is 2.42. The highest BCUT2D eigenvalue weighted by molar-refractivity contribution is 5.20. The minimum Gasteiger partial charge on any atom is -0.378 e. The van der Waals surface area contributed by atoms with E-state index in [4.69, 9.17) is 4.74 Å². The lowest BCUT2D eigenvalue weighted by Gasteiger charge is -2.37. The Balaban J connectivity index is 2.05. The summed E-state index contributed by atoms with van der Waals surface area (Å²) in [4.78, 5) is 1.81. The molecule has 5 heteroatoms. The van der Waals surface area contributed by atoms with Gasteiger partial charge in [-0.1, -0.05) is 30.3 Å². The number of halogens is 2. The SMILES string of the molecule is CNCC1COCCN1CC(F)(F)c1ccccc1. The second-order valence-electron chi connectivity index (χ2n) is 4.83. The second kappa shape index (κ2) is 6.41. The van der Waals surface area contributed by atoms with E-state index in [-0.39, 0.29) is 18.2 Å². The lowest BCUT2D eigenvalue weighted by Crippen LogP contribution is -2.52. The van der Waals surface area contributed by atoms with Gasteiger partial charge in [-0.3, -0.25) is 4.90 Å². The highest BCUT2D eigenvalue weighted by atomic mass is 19.3. The molecular formula is C14H20F2N2O. The maximum absolute atomic E-state index is 14.3. The van der Waals surface area contributed by atoms with E-state index in [1.165, 1.54) is 12.1 Å². The van der Waals surface area contributed by atoms with E-state index < -0.39 is 5.92 Å². The summed E-state index contributed by atoms with van der Waals surface area (Å²) in [6.45, 7) is 1.98. The first-order valence-corrected chi connectivity index (χ1v) is 6.53. The Morgan fingerprint density at radius 1 is 1.37 bits per heavy atom. The summed E-state index contributed by atoms with van der Waals surface area (Å²) in [7, 11) is 1.82. The van der Waals surface area contributed by atoms with Gasteiger partial charge < -0.3 is 10.1 Å². The molecule has 1 N–H and O–H groups in total. The molecule has 1 unspecified atom stereocenters. The van der Waals surface area contributed by atoms with Crippen LogP contribution in [0.3, 0.4) is 0 Å². The molecule has 1 fully saturated rings. The molecule has 1 atom stereocenters. The van der Waals surface area contributed by atoms with Crippen molar-refractivity contribution in [2.24, 2.45) is 0 Å². The predicted octanol–water partition coefficient (Wildman–Crippen LogP) is 1.70. The minimum atomic E-state index is -2.83. The van der Waals surface area contributed by atoms with E-state index in [0.29, 0.717) is 26.3 Å². The van der Waals surface area contributed by atoms with Crippen LogP contribution in [0, 0.1) is 0 Å². The summed E-state index contributed by atoms with van der Waals surface area (Å²) in [6.07, 6.45) is 0. The zero-order chi connectivity index (χ0) is 13.7. The van der Waals surface area contributed by atoms with Crippen LogP contribution in [0.4, 0.5) is 8.78 Å². The van der Waals surface area contributed by atoms with Gasteiger partial charge in [-0.25, -0.2) is 0 Å². The molecule has 0 amide bonds. The maximum Gasteiger partial charge on any atom is 0.285 e. The minimum absolute atomic E-state index is 0.00772. The molecule has 0 radical (unpaired) electrons. The van der Waals surface area contributed by atoms with Gasteiger partial charge in [0, 0.05) is 24.7 Å². The predicted molar refractivity (Wildman–Crippen MR) is 70.4 cm³/mol. The third-order valence-electron chi connectivity index (χ3n) is 3.39. The number of benzene rings is 1. The quantitative estimate of drug-likeness (QED) is 0.881. The van der Waals surface area contributed by atoms with Gasteiger partial charge >= 0.3 is 0 Å². The third-order valence-corrected chi connectivity index (χ3v) is 3.39. The Hall–Kier alpha value is -1.04. The first-order chi connectivity index (χ1) is 9.13. The highest BCUT2D eigenvalue weighted by Gasteiger charge is 2.36. The Kier molecular flexibility index (Phi) is 4.85. The van der Waals surface area contributed by atoms with Crippen LogP contribution in [0.2, 0.25) is 0 Å². The molecule has 0 saturated carbocycles. The van der Waals surface area contributed by atoms with Gasteiger partial charge in [0.15, 0.2) is 0 Å². The first kappa shape index (κ1) is 14.4. The van der Waals surface area contributed by atoms with E-state index in [9.17, 15) is 8.78 Å². The van der Waals surface area contributed by atoms with Crippen LogP contribution >= 0.6 is 0 Å². The number of rotatable bonds is 5. The van der Waals surface area contributed by atoms with Crippen molar-refractivity contribution in [3.05, 3.63) is 35.9 Å². The highest BCUT2D eigenvalue weighted by Crippen LogP contribution is 2.29. The van der Waals surface area contributed by atoms with Crippen LogP contribution in [0.15, 0.2) is 30.3 Å². The van der Waals surface area contributed by atoms with Crippen LogP contribution in [-0.2, 0) is 10.7 Å². The smallest absolute Gasteiger partial charge is 0.285 e. The fourth-order valence-corrected chi connectivity index (χ4v) is 2.35. The lowest BCUT2D eigenvalue weighted by molar-refractivity contribution is -0.0827. The molecular weight excluding hydrogens is 250 g/mol. The fraction of sp³-hybridized carbons (Fsp3) is 0.571. The monoisotopic (exact) mass is 270 g/mol. The molecule has 19 heavy (non-hydrogen) atoms. The second-order valence-corrected chi connectivity index (χ2v) is 4.83. The molecule has 1 aromatic rings. The van der Waals surface area contributed by atoms with E-state index in [1.54, 1.807) is 18.2 Å². The molecule has 1 aromatic carbocycles. The molecule has 0 aromatic heterocycles. The largest absolute Gasteiger partial charge is 0.378 e. The first-order valence-electron chi connectivity index (χ1n) is 6.53. The molecule has 0 bridgehead atoms. The van der Waals surface area contributed by atoms with E-state index >= 15 is 0 Å². The van der Waals surface area contributed by atoms with Gasteiger partial charge in [0.05, 0.1) is 19.8 Å². The average molecular weight is 270 g/mol. The number of likely N-dealkylation sites (N-methyl/N-ethyl adjacent to an activating group) is 1. The van der Waals surface area contributed by atoms with Crippen molar-refractivity contribution >= 4 is 0 Å². The number of ether oxygens (including phenoxy) is 1. The maximum atomic E-state index is 14.3. The summed E-state index contributed by atoms with van der Waals surface area (Å²) < 4.78 is 33.9. The van der Waals surface area contributed by atoms with Crippen molar-refractivity contribution in [3.8, 4) is 0 Å². The number of nitrogens with zero attached hydrogens (tertiary/aromatic N) is 1. The normalized spacial score (nSPS) is 21.5. The standard InChI is InChI=1S/C14H20F2N2O/c1-17-9-13-10-19-8-7-18(13)11-14(15,16)12-5-3-2-4-6-12/h2-6,13,17H,7-11H2,1H3. The van der Waals surface area contributed by atoms with Crippen LogP contribution in [0.1, 0.15) is 5.56 Å². The summed E-state index contributed by atoms with van der Waals surface area (Å²) in [5.74, 6) is -2.83. The van der Waals surface area contributed by atoms with Gasteiger partial charge in [0.2, 0.25) is 0 Å². The molecule has 106 valence electrons. The molecule has 1 aliphatic heterocycles. The topological polar surface area (TPSA) is 24.5 Å². The summed E-state index contributed by atoms with van der Waals surface area (Å²) in [5, 5.41) is 3.03. The zero-order valence-corrected chi connectivity index (χ0v) is 11.1. The van der Waals surface area contributed by atoms with Crippen LogP contribution < -0.4 is 5.32 Å². The van der Waals surface area contributed by atoms with Gasteiger partial charge in [-0.15, -0.1) is 0 Å². The lowest BCUT2D eigenvalue weighted by atomic mass is 10.1. The number of hydrogen-bond donors (Lipinski definition) is 1.